The van der Waals surface area contributed by atoms with Crippen LogP contribution in [-0.4, -0.2) is 24.0 Å². The summed E-state index contributed by atoms with van der Waals surface area (Å²) in [5.41, 5.74) is 2.11. The van der Waals surface area contributed by atoms with E-state index in [-0.39, 0.29) is 29.3 Å². The van der Waals surface area contributed by atoms with Crippen molar-refractivity contribution in [1.29, 1.82) is 0 Å². The molecule has 0 spiro atoms. The number of nitrogens with zero attached hydrogens (tertiary/aromatic N) is 1. The third kappa shape index (κ3) is 3.96. The standard InChI is InChI=1S/C17H19NO4S/c1-12-4-6-17(7-5-12)23(21,22)18-10-15(8-13(2)19)16(11-18)9-14(3)20/h4-7,10-11H,8-9H2,1-3H3. The van der Waals surface area contributed by atoms with Gasteiger partial charge in [0.05, 0.1) is 4.90 Å². The lowest BCUT2D eigenvalue weighted by Crippen LogP contribution is -2.11. The lowest BCUT2D eigenvalue weighted by atomic mass is 10.0. The molecule has 0 saturated heterocycles. The van der Waals surface area contributed by atoms with Crippen molar-refractivity contribution in [3.05, 3.63) is 53.3 Å². The summed E-state index contributed by atoms with van der Waals surface area (Å²) in [4.78, 5) is 22.9. The Hall–Kier alpha value is -2.21. The number of hydrogen-bond acceptors (Lipinski definition) is 4. The summed E-state index contributed by atoms with van der Waals surface area (Å²) < 4.78 is 26.4. The van der Waals surface area contributed by atoms with Crippen LogP contribution in [0.5, 0.6) is 0 Å². The molecule has 0 unspecified atom stereocenters. The van der Waals surface area contributed by atoms with Crippen LogP contribution in [0.1, 0.15) is 30.5 Å². The van der Waals surface area contributed by atoms with Crippen LogP contribution in [0.3, 0.4) is 0 Å². The fourth-order valence-corrected chi connectivity index (χ4v) is 3.59. The van der Waals surface area contributed by atoms with E-state index in [2.05, 4.69) is 0 Å². The molecule has 1 heterocycles. The van der Waals surface area contributed by atoms with Gasteiger partial charge < -0.3 is 0 Å². The second-order valence-electron chi connectivity index (χ2n) is 5.71. The van der Waals surface area contributed by atoms with Gasteiger partial charge in [-0.25, -0.2) is 12.4 Å². The molecule has 0 fully saturated rings. The number of carbonyl (C=O) groups is 2. The molecule has 0 aliphatic rings. The van der Waals surface area contributed by atoms with Crippen molar-refractivity contribution in [2.75, 3.05) is 0 Å². The van der Waals surface area contributed by atoms with Gasteiger partial charge in [0.2, 0.25) is 0 Å². The molecule has 23 heavy (non-hydrogen) atoms. The molecular weight excluding hydrogens is 314 g/mol. The van der Waals surface area contributed by atoms with E-state index < -0.39 is 10.0 Å². The average molecular weight is 333 g/mol. The molecule has 6 heteroatoms. The lowest BCUT2D eigenvalue weighted by Gasteiger charge is -2.05. The normalized spacial score (nSPS) is 11.4. The molecule has 5 nitrogen and oxygen atoms in total. The summed E-state index contributed by atoms with van der Waals surface area (Å²) in [6, 6.07) is 6.53. The van der Waals surface area contributed by atoms with Crippen molar-refractivity contribution in [3.8, 4) is 0 Å². The minimum Gasteiger partial charge on any atom is -0.300 e. The SMILES string of the molecule is CC(=O)Cc1cn(S(=O)(=O)c2ccc(C)cc2)cc1CC(C)=O. The van der Waals surface area contributed by atoms with E-state index >= 15 is 0 Å². The molecule has 1 aromatic carbocycles. The van der Waals surface area contributed by atoms with Crippen molar-refractivity contribution >= 4 is 21.6 Å². The van der Waals surface area contributed by atoms with Crippen molar-refractivity contribution in [3.63, 3.8) is 0 Å². The predicted octanol–water partition coefficient (Wildman–Crippen LogP) is 2.30. The molecule has 0 aliphatic heterocycles. The number of benzene rings is 1. The molecule has 2 aromatic rings. The number of hydrogen-bond donors (Lipinski definition) is 0. The van der Waals surface area contributed by atoms with Crippen LogP contribution < -0.4 is 0 Å². The summed E-state index contributed by atoms with van der Waals surface area (Å²) in [7, 11) is -3.73. The number of aromatic nitrogens is 1. The fourth-order valence-electron chi connectivity index (χ4n) is 2.34. The zero-order chi connectivity index (χ0) is 17.2. The molecule has 0 atom stereocenters. The number of Topliss-reactive ketones (excluding diaryl/α,β-unsaturated/α-hetero) is 2. The summed E-state index contributed by atoms with van der Waals surface area (Å²) >= 11 is 0. The van der Waals surface area contributed by atoms with Gasteiger partial charge in [-0.1, -0.05) is 17.7 Å². The van der Waals surface area contributed by atoms with E-state index in [9.17, 15) is 18.0 Å². The van der Waals surface area contributed by atoms with Crippen LogP contribution in [-0.2, 0) is 32.5 Å². The number of aryl methyl sites for hydroxylation is 1. The Morgan fingerprint density at radius 3 is 1.74 bits per heavy atom. The van der Waals surface area contributed by atoms with Gasteiger partial charge in [-0.05, 0) is 44.0 Å². The van der Waals surface area contributed by atoms with E-state index in [1.165, 1.54) is 26.2 Å². The third-order valence-corrected chi connectivity index (χ3v) is 5.09. The van der Waals surface area contributed by atoms with Gasteiger partial charge in [0.15, 0.2) is 0 Å². The van der Waals surface area contributed by atoms with Gasteiger partial charge in [-0.2, -0.15) is 0 Å². The Kier molecular flexibility index (Phi) is 4.85. The van der Waals surface area contributed by atoms with Gasteiger partial charge in [-0.3, -0.25) is 9.59 Å². The summed E-state index contributed by atoms with van der Waals surface area (Å²) in [5, 5.41) is 0. The van der Waals surface area contributed by atoms with E-state index in [1.807, 2.05) is 6.92 Å². The highest BCUT2D eigenvalue weighted by Gasteiger charge is 2.20. The molecule has 122 valence electrons. The van der Waals surface area contributed by atoms with Gasteiger partial charge in [0.1, 0.15) is 11.6 Å². The summed E-state index contributed by atoms with van der Waals surface area (Å²) in [6.45, 7) is 4.74. The van der Waals surface area contributed by atoms with E-state index in [1.54, 1.807) is 24.3 Å². The first-order valence-electron chi connectivity index (χ1n) is 7.21. The lowest BCUT2D eigenvalue weighted by molar-refractivity contribution is -0.117. The van der Waals surface area contributed by atoms with E-state index in [0.29, 0.717) is 11.1 Å². The highest BCUT2D eigenvalue weighted by atomic mass is 32.2. The van der Waals surface area contributed by atoms with Crippen LogP contribution in [0.15, 0.2) is 41.6 Å². The molecule has 1 aromatic heterocycles. The summed E-state index contributed by atoms with van der Waals surface area (Å²) in [5.74, 6) is -0.166. The topological polar surface area (TPSA) is 73.2 Å². The zero-order valence-corrected chi connectivity index (χ0v) is 14.2. The Labute approximate surface area is 136 Å². The molecular formula is C17H19NO4S. The Balaban J connectivity index is 2.49. The minimum absolute atomic E-state index is 0.0831. The first kappa shape index (κ1) is 17.1. The molecule has 0 N–H and O–H groups in total. The molecule has 0 saturated carbocycles. The van der Waals surface area contributed by atoms with E-state index in [0.717, 1.165) is 9.54 Å². The monoisotopic (exact) mass is 333 g/mol. The van der Waals surface area contributed by atoms with Crippen LogP contribution in [0.25, 0.3) is 0 Å². The highest BCUT2D eigenvalue weighted by Crippen LogP contribution is 2.20. The molecule has 0 radical (unpaired) electrons. The van der Waals surface area contributed by atoms with Crippen molar-refractivity contribution in [1.82, 2.24) is 3.97 Å². The number of ketones is 2. The maximum atomic E-state index is 12.7. The highest BCUT2D eigenvalue weighted by molar-refractivity contribution is 7.90. The van der Waals surface area contributed by atoms with Gasteiger partial charge in [0, 0.05) is 25.2 Å². The van der Waals surface area contributed by atoms with Crippen LogP contribution in [0.4, 0.5) is 0 Å². The Morgan fingerprint density at radius 1 is 0.913 bits per heavy atom. The largest absolute Gasteiger partial charge is 0.300 e. The summed E-state index contributed by atoms with van der Waals surface area (Å²) in [6.07, 6.45) is 3.07. The smallest absolute Gasteiger partial charge is 0.267 e. The van der Waals surface area contributed by atoms with Gasteiger partial charge in [0.25, 0.3) is 10.0 Å². The van der Waals surface area contributed by atoms with Crippen molar-refractivity contribution in [2.24, 2.45) is 0 Å². The predicted molar refractivity (Wildman–Crippen MR) is 87.0 cm³/mol. The van der Waals surface area contributed by atoms with Crippen molar-refractivity contribution in [2.45, 2.75) is 38.5 Å². The number of carbonyl (C=O) groups excluding carboxylic acids is 2. The molecule has 0 bridgehead atoms. The van der Waals surface area contributed by atoms with E-state index in [4.69, 9.17) is 0 Å². The first-order chi connectivity index (χ1) is 10.7. The van der Waals surface area contributed by atoms with Crippen molar-refractivity contribution < 1.29 is 18.0 Å². The zero-order valence-electron chi connectivity index (χ0n) is 13.4. The fraction of sp³-hybridized carbons (Fsp3) is 0.294. The second-order valence-corrected chi connectivity index (χ2v) is 7.56. The molecule has 2 rings (SSSR count). The van der Waals surface area contributed by atoms with Gasteiger partial charge in [-0.15, -0.1) is 0 Å². The molecule has 0 aliphatic carbocycles. The van der Waals surface area contributed by atoms with Crippen LogP contribution in [0, 0.1) is 6.92 Å². The van der Waals surface area contributed by atoms with Crippen LogP contribution >= 0.6 is 0 Å². The minimum atomic E-state index is -3.73. The van der Waals surface area contributed by atoms with Crippen LogP contribution in [0.2, 0.25) is 0 Å². The maximum Gasteiger partial charge on any atom is 0.267 e. The number of rotatable bonds is 6. The third-order valence-electron chi connectivity index (χ3n) is 3.45. The Morgan fingerprint density at radius 2 is 1.35 bits per heavy atom. The molecule has 0 amide bonds. The second kappa shape index (κ2) is 6.50. The quantitative estimate of drug-likeness (QED) is 0.813. The van der Waals surface area contributed by atoms with Gasteiger partial charge >= 0.3 is 0 Å². The Bertz CT molecular complexity index is 812. The first-order valence-corrected chi connectivity index (χ1v) is 8.65. The average Bonchev–Trinajstić information content (AvgIpc) is 2.81. The maximum absolute atomic E-state index is 12.7.